The molecule has 148 valence electrons. The van der Waals surface area contributed by atoms with E-state index in [1.807, 2.05) is 37.3 Å². The molecule has 0 aromatic heterocycles. The summed E-state index contributed by atoms with van der Waals surface area (Å²) in [6.07, 6.45) is 10.4. The van der Waals surface area contributed by atoms with Gasteiger partial charge in [0.1, 0.15) is 0 Å². The predicted molar refractivity (Wildman–Crippen MR) is 113 cm³/mol. The molecule has 1 aliphatic rings. The van der Waals surface area contributed by atoms with E-state index in [-0.39, 0.29) is 17.8 Å². The second kappa shape index (κ2) is 11.4. The molecule has 4 N–H and O–H groups in total. The summed E-state index contributed by atoms with van der Waals surface area (Å²) in [4.78, 5) is 16.6. The molecule has 1 atom stereocenters. The van der Waals surface area contributed by atoms with Crippen LogP contribution in [-0.2, 0) is 4.79 Å². The molecule has 0 radical (unpaired) electrons. The molecular weight excluding hydrogens is 338 g/mol. The molecule has 1 heterocycles. The third kappa shape index (κ3) is 7.04. The van der Waals surface area contributed by atoms with E-state index in [4.69, 9.17) is 11.5 Å². The minimum Gasteiger partial charge on any atom is -0.370 e. The summed E-state index contributed by atoms with van der Waals surface area (Å²) in [6.45, 7) is 2.70. The van der Waals surface area contributed by atoms with Gasteiger partial charge in [-0.3, -0.25) is 9.79 Å². The molecule has 27 heavy (non-hydrogen) atoms. The maximum atomic E-state index is 12.6. The lowest BCUT2D eigenvalue weighted by Gasteiger charge is -2.14. The SMILES string of the molecule is CC1=NN(c2ccccc2)C(=O)C1CCCCCCCCCCN=C(N)N. The lowest BCUT2D eigenvalue weighted by molar-refractivity contribution is -0.119. The van der Waals surface area contributed by atoms with Crippen molar-refractivity contribution in [3.63, 3.8) is 0 Å². The van der Waals surface area contributed by atoms with E-state index in [1.165, 1.54) is 38.5 Å². The Labute approximate surface area is 162 Å². The summed E-state index contributed by atoms with van der Waals surface area (Å²) in [6, 6.07) is 9.66. The Balaban J connectivity index is 1.55. The molecule has 6 heteroatoms. The van der Waals surface area contributed by atoms with E-state index in [0.29, 0.717) is 0 Å². The number of carbonyl (C=O) groups excluding carboxylic acids is 1. The Hall–Kier alpha value is -2.37. The number of amides is 1. The van der Waals surface area contributed by atoms with Gasteiger partial charge >= 0.3 is 0 Å². The number of nitrogens with zero attached hydrogens (tertiary/aromatic N) is 3. The van der Waals surface area contributed by atoms with Crippen LogP contribution in [0.4, 0.5) is 5.69 Å². The van der Waals surface area contributed by atoms with Gasteiger partial charge in [-0.15, -0.1) is 0 Å². The molecule has 0 spiro atoms. The lowest BCUT2D eigenvalue weighted by Crippen LogP contribution is -2.26. The van der Waals surface area contributed by atoms with Crippen LogP contribution in [-0.4, -0.2) is 24.1 Å². The molecule has 1 amide bonds. The Morgan fingerprint density at radius 3 is 2.22 bits per heavy atom. The van der Waals surface area contributed by atoms with Crippen molar-refractivity contribution in [1.29, 1.82) is 0 Å². The number of para-hydroxylation sites is 1. The number of guanidine groups is 1. The van der Waals surface area contributed by atoms with E-state index in [1.54, 1.807) is 5.01 Å². The van der Waals surface area contributed by atoms with Gasteiger partial charge in [-0.25, -0.2) is 5.01 Å². The largest absolute Gasteiger partial charge is 0.370 e. The highest BCUT2D eigenvalue weighted by Gasteiger charge is 2.33. The second-order valence-electron chi connectivity index (χ2n) is 7.20. The maximum Gasteiger partial charge on any atom is 0.256 e. The first kappa shape index (κ1) is 20.9. The van der Waals surface area contributed by atoms with E-state index in [0.717, 1.165) is 37.2 Å². The predicted octanol–water partition coefficient (Wildman–Crippen LogP) is 3.81. The van der Waals surface area contributed by atoms with Crippen molar-refractivity contribution in [3.05, 3.63) is 30.3 Å². The van der Waals surface area contributed by atoms with Crippen molar-refractivity contribution < 1.29 is 4.79 Å². The molecule has 0 bridgehead atoms. The summed E-state index contributed by atoms with van der Waals surface area (Å²) >= 11 is 0. The first-order valence-electron chi connectivity index (χ1n) is 10.1. The zero-order valence-electron chi connectivity index (χ0n) is 16.4. The van der Waals surface area contributed by atoms with Crippen molar-refractivity contribution in [2.75, 3.05) is 11.6 Å². The van der Waals surface area contributed by atoms with Gasteiger partial charge in [-0.1, -0.05) is 63.1 Å². The van der Waals surface area contributed by atoms with Crippen molar-refractivity contribution in [2.24, 2.45) is 27.5 Å². The van der Waals surface area contributed by atoms with E-state index in [9.17, 15) is 4.79 Å². The zero-order chi connectivity index (χ0) is 19.5. The molecule has 1 aromatic carbocycles. The second-order valence-corrected chi connectivity index (χ2v) is 7.20. The van der Waals surface area contributed by atoms with Crippen LogP contribution in [0.5, 0.6) is 0 Å². The van der Waals surface area contributed by atoms with Gasteiger partial charge in [0.25, 0.3) is 5.91 Å². The number of anilines is 1. The van der Waals surface area contributed by atoms with Crippen LogP contribution in [0.25, 0.3) is 0 Å². The summed E-state index contributed by atoms with van der Waals surface area (Å²) in [5.41, 5.74) is 12.4. The van der Waals surface area contributed by atoms with Crippen LogP contribution < -0.4 is 16.5 Å². The highest BCUT2D eigenvalue weighted by molar-refractivity contribution is 6.14. The number of hydrazone groups is 1. The summed E-state index contributed by atoms with van der Waals surface area (Å²) < 4.78 is 0. The first-order chi connectivity index (χ1) is 13.1. The fourth-order valence-electron chi connectivity index (χ4n) is 3.42. The number of benzene rings is 1. The topological polar surface area (TPSA) is 97.1 Å². The molecule has 0 saturated carbocycles. The van der Waals surface area contributed by atoms with Crippen LogP contribution in [0.3, 0.4) is 0 Å². The number of hydrogen-bond acceptors (Lipinski definition) is 3. The fraction of sp³-hybridized carbons (Fsp3) is 0.571. The highest BCUT2D eigenvalue weighted by Crippen LogP contribution is 2.26. The maximum absolute atomic E-state index is 12.6. The first-order valence-corrected chi connectivity index (χ1v) is 10.1. The Morgan fingerprint density at radius 2 is 1.59 bits per heavy atom. The minimum atomic E-state index is -0.0549. The molecular formula is C21H33N5O. The number of unbranched alkanes of at least 4 members (excludes halogenated alkanes) is 7. The molecule has 0 fully saturated rings. The van der Waals surface area contributed by atoms with E-state index >= 15 is 0 Å². The van der Waals surface area contributed by atoms with E-state index < -0.39 is 0 Å². The molecule has 1 unspecified atom stereocenters. The van der Waals surface area contributed by atoms with Crippen LogP contribution in [0.1, 0.15) is 64.7 Å². The normalized spacial score (nSPS) is 16.5. The van der Waals surface area contributed by atoms with Gasteiger partial charge in [0, 0.05) is 12.3 Å². The molecule has 6 nitrogen and oxygen atoms in total. The van der Waals surface area contributed by atoms with Gasteiger partial charge in [0.05, 0.1) is 11.6 Å². The summed E-state index contributed by atoms with van der Waals surface area (Å²) in [5.74, 6) is 0.239. The molecule has 2 rings (SSSR count). The minimum absolute atomic E-state index is 0.0549. The molecule has 0 aliphatic carbocycles. The monoisotopic (exact) mass is 371 g/mol. The average molecular weight is 372 g/mol. The van der Waals surface area contributed by atoms with Gasteiger partial charge in [-0.05, 0) is 31.9 Å². The van der Waals surface area contributed by atoms with Crippen LogP contribution in [0.15, 0.2) is 40.4 Å². The third-order valence-corrected chi connectivity index (χ3v) is 4.96. The van der Waals surface area contributed by atoms with Crippen LogP contribution >= 0.6 is 0 Å². The van der Waals surface area contributed by atoms with Crippen molar-refractivity contribution >= 4 is 23.3 Å². The Kier molecular flexibility index (Phi) is 8.81. The Morgan fingerprint density at radius 1 is 1.00 bits per heavy atom. The number of aliphatic imine (C=N–C) groups is 1. The third-order valence-electron chi connectivity index (χ3n) is 4.96. The number of hydrogen-bond donors (Lipinski definition) is 2. The summed E-state index contributed by atoms with van der Waals surface area (Å²) in [7, 11) is 0. The summed E-state index contributed by atoms with van der Waals surface area (Å²) in [5, 5.41) is 6.03. The quantitative estimate of drug-likeness (QED) is 0.332. The average Bonchev–Trinajstić information content (AvgIpc) is 2.94. The van der Waals surface area contributed by atoms with Crippen LogP contribution in [0.2, 0.25) is 0 Å². The molecule has 1 aromatic rings. The van der Waals surface area contributed by atoms with Crippen LogP contribution in [0, 0.1) is 5.92 Å². The van der Waals surface area contributed by atoms with Crippen molar-refractivity contribution in [3.8, 4) is 0 Å². The van der Waals surface area contributed by atoms with Gasteiger partial charge < -0.3 is 11.5 Å². The van der Waals surface area contributed by atoms with Gasteiger partial charge in [-0.2, -0.15) is 5.10 Å². The molecule has 0 saturated heterocycles. The number of carbonyl (C=O) groups is 1. The number of nitrogens with two attached hydrogens (primary N) is 2. The lowest BCUT2D eigenvalue weighted by atomic mass is 9.96. The molecule has 1 aliphatic heterocycles. The Bertz CT molecular complexity index is 637. The van der Waals surface area contributed by atoms with Gasteiger partial charge in [0.2, 0.25) is 0 Å². The van der Waals surface area contributed by atoms with Gasteiger partial charge in [0.15, 0.2) is 5.96 Å². The van der Waals surface area contributed by atoms with Crippen molar-refractivity contribution in [1.82, 2.24) is 0 Å². The number of rotatable bonds is 12. The van der Waals surface area contributed by atoms with E-state index in [2.05, 4.69) is 10.1 Å². The smallest absolute Gasteiger partial charge is 0.256 e. The van der Waals surface area contributed by atoms with Crippen molar-refractivity contribution in [2.45, 2.75) is 64.7 Å². The fourth-order valence-corrected chi connectivity index (χ4v) is 3.42. The standard InChI is InChI=1S/C21H33N5O/c1-17-19(20(27)26(25-17)18-13-9-8-10-14-18)15-11-6-4-2-3-5-7-12-16-24-21(22)23/h8-10,13-14,19H,2-7,11-12,15-16H2,1H3,(H4,22,23,24). The highest BCUT2D eigenvalue weighted by atomic mass is 16.2. The zero-order valence-corrected chi connectivity index (χ0v) is 16.4.